The van der Waals surface area contributed by atoms with Crippen LogP contribution >= 0.6 is 11.6 Å². The first kappa shape index (κ1) is 12.4. The quantitative estimate of drug-likeness (QED) is 0.795. The van der Waals surface area contributed by atoms with E-state index in [9.17, 15) is 8.42 Å². The molecule has 1 aliphatic rings. The van der Waals surface area contributed by atoms with Crippen LogP contribution in [0.5, 0.6) is 0 Å². The molecule has 0 spiro atoms. The molecule has 0 bridgehead atoms. The van der Waals surface area contributed by atoms with Crippen molar-refractivity contribution in [3.63, 3.8) is 0 Å². The zero-order valence-electron chi connectivity index (χ0n) is 9.19. The summed E-state index contributed by atoms with van der Waals surface area (Å²) in [4.78, 5) is 4.06. The number of hydrogen-bond donors (Lipinski definition) is 2. The maximum absolute atomic E-state index is 11.5. The van der Waals surface area contributed by atoms with E-state index in [0.29, 0.717) is 23.1 Å². The van der Waals surface area contributed by atoms with Crippen molar-refractivity contribution < 1.29 is 8.42 Å². The standard InChI is InChI=1S/C10H14ClN3O2S/c11-9-4-7(12)5-10(14-9)13-8-2-1-3-17(15,16)6-8/h4-5,8H,1-3,6H2,(H3,12,13,14). The molecule has 5 nitrogen and oxygen atoms in total. The van der Waals surface area contributed by atoms with E-state index < -0.39 is 9.84 Å². The first-order valence-corrected chi connectivity index (χ1v) is 7.54. The number of sulfone groups is 1. The van der Waals surface area contributed by atoms with E-state index >= 15 is 0 Å². The van der Waals surface area contributed by atoms with Gasteiger partial charge in [-0.15, -0.1) is 0 Å². The Kier molecular flexibility index (Phi) is 3.44. The maximum atomic E-state index is 11.5. The number of rotatable bonds is 2. The molecule has 0 aromatic carbocycles. The lowest BCUT2D eigenvalue weighted by Gasteiger charge is -2.23. The Morgan fingerprint density at radius 2 is 2.24 bits per heavy atom. The maximum Gasteiger partial charge on any atom is 0.152 e. The van der Waals surface area contributed by atoms with Crippen LogP contribution in [-0.2, 0) is 9.84 Å². The van der Waals surface area contributed by atoms with Gasteiger partial charge in [0.25, 0.3) is 0 Å². The van der Waals surface area contributed by atoms with Gasteiger partial charge in [-0.05, 0) is 18.9 Å². The Balaban J connectivity index is 2.10. The summed E-state index contributed by atoms with van der Waals surface area (Å²) in [5.41, 5.74) is 6.14. The van der Waals surface area contributed by atoms with Crippen LogP contribution in [0, 0.1) is 0 Å². The predicted molar refractivity (Wildman–Crippen MR) is 69.0 cm³/mol. The van der Waals surface area contributed by atoms with Gasteiger partial charge in [-0.1, -0.05) is 11.6 Å². The molecule has 2 rings (SSSR count). The molecule has 1 atom stereocenters. The number of nitrogens with zero attached hydrogens (tertiary/aromatic N) is 1. The molecule has 0 radical (unpaired) electrons. The molecular formula is C10H14ClN3O2S. The molecule has 1 aromatic heterocycles. The minimum absolute atomic E-state index is 0.112. The average Bonchev–Trinajstić information content (AvgIpc) is 2.13. The number of nitrogen functional groups attached to an aromatic ring is 1. The fourth-order valence-electron chi connectivity index (χ4n) is 1.94. The van der Waals surface area contributed by atoms with Gasteiger partial charge in [0, 0.05) is 17.8 Å². The molecule has 3 N–H and O–H groups in total. The summed E-state index contributed by atoms with van der Waals surface area (Å²) in [5, 5.41) is 3.36. The van der Waals surface area contributed by atoms with E-state index in [1.807, 2.05) is 0 Å². The van der Waals surface area contributed by atoms with E-state index in [4.69, 9.17) is 17.3 Å². The zero-order valence-corrected chi connectivity index (χ0v) is 10.8. The van der Waals surface area contributed by atoms with E-state index in [1.54, 1.807) is 12.1 Å². The Hall–Kier alpha value is -1.01. The molecular weight excluding hydrogens is 262 g/mol. The van der Waals surface area contributed by atoms with Crippen LogP contribution in [0.2, 0.25) is 5.15 Å². The van der Waals surface area contributed by atoms with E-state index in [1.165, 1.54) is 0 Å². The highest BCUT2D eigenvalue weighted by atomic mass is 35.5. The summed E-state index contributed by atoms with van der Waals surface area (Å²) in [7, 11) is -2.93. The van der Waals surface area contributed by atoms with Crippen molar-refractivity contribution in [2.45, 2.75) is 18.9 Å². The number of pyridine rings is 1. The molecule has 1 unspecified atom stereocenters. The normalized spacial score (nSPS) is 23.2. The highest BCUT2D eigenvalue weighted by Crippen LogP contribution is 2.20. The SMILES string of the molecule is Nc1cc(Cl)nc(NC2CCCS(=O)(=O)C2)c1. The number of nitrogens with two attached hydrogens (primary N) is 1. The molecule has 0 saturated carbocycles. The van der Waals surface area contributed by atoms with Gasteiger partial charge in [-0.2, -0.15) is 0 Å². The largest absolute Gasteiger partial charge is 0.399 e. The minimum atomic E-state index is -2.93. The van der Waals surface area contributed by atoms with Crippen LogP contribution in [-0.4, -0.2) is 30.9 Å². The van der Waals surface area contributed by atoms with Crippen molar-refractivity contribution in [3.05, 3.63) is 17.3 Å². The van der Waals surface area contributed by atoms with Crippen LogP contribution in [0.1, 0.15) is 12.8 Å². The first-order valence-electron chi connectivity index (χ1n) is 5.35. The highest BCUT2D eigenvalue weighted by Gasteiger charge is 2.24. The van der Waals surface area contributed by atoms with E-state index in [-0.39, 0.29) is 17.5 Å². The lowest BCUT2D eigenvalue weighted by molar-refractivity contribution is 0.561. The van der Waals surface area contributed by atoms with Gasteiger partial charge in [0.1, 0.15) is 11.0 Å². The lowest BCUT2D eigenvalue weighted by Crippen LogP contribution is -2.35. The minimum Gasteiger partial charge on any atom is -0.399 e. The number of anilines is 2. The van der Waals surface area contributed by atoms with Crippen LogP contribution in [0.15, 0.2) is 12.1 Å². The molecule has 1 saturated heterocycles. The topological polar surface area (TPSA) is 85.1 Å². The van der Waals surface area contributed by atoms with Crippen LogP contribution in [0.4, 0.5) is 11.5 Å². The van der Waals surface area contributed by atoms with Gasteiger partial charge in [0.15, 0.2) is 9.84 Å². The van der Waals surface area contributed by atoms with Crippen molar-refractivity contribution in [2.24, 2.45) is 0 Å². The third-order valence-corrected chi connectivity index (χ3v) is 4.65. The molecule has 17 heavy (non-hydrogen) atoms. The van der Waals surface area contributed by atoms with Gasteiger partial charge in [-0.25, -0.2) is 13.4 Å². The van der Waals surface area contributed by atoms with Crippen molar-refractivity contribution >= 4 is 32.9 Å². The van der Waals surface area contributed by atoms with Gasteiger partial charge in [0.2, 0.25) is 0 Å². The molecule has 2 heterocycles. The van der Waals surface area contributed by atoms with Gasteiger partial charge in [-0.3, -0.25) is 0 Å². The Labute approximate surface area is 105 Å². The van der Waals surface area contributed by atoms with Gasteiger partial charge in [0.05, 0.1) is 11.5 Å². The summed E-state index contributed by atoms with van der Waals surface area (Å²) in [6.45, 7) is 0. The average molecular weight is 276 g/mol. The smallest absolute Gasteiger partial charge is 0.152 e. The van der Waals surface area contributed by atoms with Crippen molar-refractivity contribution in [2.75, 3.05) is 22.6 Å². The Morgan fingerprint density at radius 3 is 2.88 bits per heavy atom. The van der Waals surface area contributed by atoms with Crippen LogP contribution in [0.25, 0.3) is 0 Å². The van der Waals surface area contributed by atoms with Crippen LogP contribution < -0.4 is 11.1 Å². The van der Waals surface area contributed by atoms with Crippen molar-refractivity contribution in [1.82, 2.24) is 4.98 Å². The Morgan fingerprint density at radius 1 is 1.47 bits per heavy atom. The molecule has 7 heteroatoms. The summed E-state index contributed by atoms with van der Waals surface area (Å²) in [5.74, 6) is 0.939. The number of nitrogens with one attached hydrogen (secondary N) is 1. The molecule has 94 valence electrons. The molecule has 1 aromatic rings. The second-order valence-electron chi connectivity index (χ2n) is 4.21. The highest BCUT2D eigenvalue weighted by molar-refractivity contribution is 7.91. The second-order valence-corrected chi connectivity index (χ2v) is 6.82. The van der Waals surface area contributed by atoms with Gasteiger partial charge >= 0.3 is 0 Å². The van der Waals surface area contributed by atoms with Crippen molar-refractivity contribution in [3.8, 4) is 0 Å². The monoisotopic (exact) mass is 275 g/mol. The third-order valence-electron chi connectivity index (χ3n) is 2.63. The fourth-order valence-corrected chi connectivity index (χ4v) is 3.79. The summed E-state index contributed by atoms with van der Waals surface area (Å²) in [6, 6.07) is 3.08. The molecule has 1 aliphatic heterocycles. The van der Waals surface area contributed by atoms with Crippen LogP contribution in [0.3, 0.4) is 0 Å². The lowest BCUT2D eigenvalue weighted by atomic mass is 10.2. The Bertz CT molecular complexity index is 498. The summed E-state index contributed by atoms with van der Waals surface area (Å²) in [6.07, 6.45) is 1.49. The van der Waals surface area contributed by atoms with Gasteiger partial charge < -0.3 is 11.1 Å². The number of halogens is 1. The summed E-state index contributed by atoms with van der Waals surface area (Å²) >= 11 is 5.77. The fraction of sp³-hybridized carbons (Fsp3) is 0.500. The van der Waals surface area contributed by atoms with E-state index in [0.717, 1.165) is 6.42 Å². The molecule has 1 fully saturated rings. The van der Waals surface area contributed by atoms with Crippen molar-refractivity contribution in [1.29, 1.82) is 0 Å². The first-order chi connectivity index (χ1) is 7.94. The molecule has 0 amide bonds. The zero-order chi connectivity index (χ0) is 12.5. The summed E-state index contributed by atoms with van der Waals surface area (Å²) < 4.78 is 22.9. The van der Waals surface area contributed by atoms with E-state index in [2.05, 4.69) is 10.3 Å². The predicted octanol–water partition coefficient (Wildman–Crippen LogP) is 1.31. The second kappa shape index (κ2) is 4.70. The number of hydrogen-bond acceptors (Lipinski definition) is 5. The number of aromatic nitrogens is 1. The molecule has 0 aliphatic carbocycles. The third kappa shape index (κ3) is 3.47.